The van der Waals surface area contributed by atoms with E-state index in [-0.39, 0.29) is 5.91 Å². The van der Waals surface area contributed by atoms with Gasteiger partial charge in [-0.05, 0) is 49.2 Å². The molecule has 9 heteroatoms. The third kappa shape index (κ3) is 5.50. The number of rotatable bonds is 6. The molecule has 6 nitrogen and oxygen atoms in total. The smallest absolute Gasteiger partial charge is 0.233 e. The van der Waals surface area contributed by atoms with Crippen molar-refractivity contribution in [1.82, 2.24) is 15.1 Å². The minimum absolute atomic E-state index is 0.134. The zero-order valence-electron chi connectivity index (χ0n) is 17.5. The molecular weight excluding hydrogens is 450 g/mol. The van der Waals surface area contributed by atoms with E-state index in [0.29, 0.717) is 18.8 Å². The lowest BCUT2D eigenvalue weighted by molar-refractivity contribution is -0.128. The molecule has 3 aromatic rings. The van der Waals surface area contributed by atoms with E-state index in [9.17, 15) is 4.79 Å². The van der Waals surface area contributed by atoms with Gasteiger partial charge < -0.3 is 15.1 Å². The van der Waals surface area contributed by atoms with Crippen LogP contribution in [0.15, 0.2) is 46.8 Å². The first-order valence-electron chi connectivity index (χ1n) is 10.1. The van der Waals surface area contributed by atoms with Crippen molar-refractivity contribution in [3.8, 4) is 0 Å². The molecule has 1 saturated heterocycles. The molecule has 0 unspecified atom stereocenters. The van der Waals surface area contributed by atoms with E-state index in [4.69, 9.17) is 11.6 Å². The summed E-state index contributed by atoms with van der Waals surface area (Å²) >= 11 is 9.01. The number of aromatic nitrogens is 2. The number of benzene rings is 2. The van der Waals surface area contributed by atoms with Gasteiger partial charge >= 0.3 is 0 Å². The van der Waals surface area contributed by atoms with Crippen molar-refractivity contribution in [3.63, 3.8) is 0 Å². The number of hydrogen-bond donors (Lipinski definition) is 1. The van der Waals surface area contributed by atoms with Crippen LogP contribution >= 0.6 is 34.7 Å². The lowest BCUT2D eigenvalue weighted by Crippen LogP contribution is -2.49. The van der Waals surface area contributed by atoms with Crippen LogP contribution in [0.1, 0.15) is 11.1 Å². The summed E-state index contributed by atoms with van der Waals surface area (Å²) in [4.78, 5) is 16.8. The summed E-state index contributed by atoms with van der Waals surface area (Å²) in [5.74, 6) is 0.505. The summed E-state index contributed by atoms with van der Waals surface area (Å²) in [5, 5.41) is 13.2. The Hall–Kier alpha value is -2.29. The molecular formula is C22H24ClN5OS2. The number of hydrogen-bond acceptors (Lipinski definition) is 7. The van der Waals surface area contributed by atoms with Gasteiger partial charge in [0.05, 0.1) is 5.75 Å². The average molecular weight is 474 g/mol. The van der Waals surface area contributed by atoms with Crippen LogP contribution in [0.4, 0.5) is 16.5 Å². The SMILES string of the molecule is Cc1cccc(Nc2nnc(SCC(=O)N3CCN(c4cccc(Cl)c4)CC3)s2)c1C. The lowest BCUT2D eigenvalue weighted by atomic mass is 10.1. The molecule has 2 heterocycles. The quantitative estimate of drug-likeness (QED) is 0.509. The Balaban J connectivity index is 1.26. The van der Waals surface area contributed by atoms with Crippen molar-refractivity contribution < 1.29 is 4.79 Å². The fourth-order valence-electron chi connectivity index (χ4n) is 3.42. The second-order valence-corrected chi connectivity index (χ2v) is 10.0. The number of amides is 1. The fourth-order valence-corrected chi connectivity index (χ4v) is 5.27. The molecule has 162 valence electrons. The van der Waals surface area contributed by atoms with Gasteiger partial charge in [-0.3, -0.25) is 4.79 Å². The van der Waals surface area contributed by atoms with Crippen LogP contribution in [0.3, 0.4) is 0 Å². The number of piperazine rings is 1. The maximum absolute atomic E-state index is 12.7. The number of nitrogens with zero attached hydrogens (tertiary/aromatic N) is 4. The first-order chi connectivity index (χ1) is 15.0. The van der Waals surface area contributed by atoms with E-state index < -0.39 is 0 Å². The number of nitrogens with one attached hydrogen (secondary N) is 1. The molecule has 1 aromatic heterocycles. The monoisotopic (exact) mass is 473 g/mol. The second kappa shape index (κ2) is 9.89. The Morgan fingerprint density at radius 1 is 1.13 bits per heavy atom. The van der Waals surface area contributed by atoms with Crippen LogP contribution in [0.2, 0.25) is 5.02 Å². The zero-order valence-corrected chi connectivity index (χ0v) is 19.9. The Morgan fingerprint density at radius 3 is 2.68 bits per heavy atom. The van der Waals surface area contributed by atoms with Gasteiger partial charge in [-0.15, -0.1) is 10.2 Å². The van der Waals surface area contributed by atoms with E-state index in [1.54, 1.807) is 0 Å². The highest BCUT2D eigenvalue weighted by molar-refractivity contribution is 8.01. The van der Waals surface area contributed by atoms with Crippen molar-refractivity contribution in [2.75, 3.05) is 42.1 Å². The molecule has 1 fully saturated rings. The molecule has 1 N–H and O–H groups in total. The summed E-state index contributed by atoms with van der Waals surface area (Å²) in [6.45, 7) is 7.20. The van der Waals surface area contributed by atoms with Gasteiger partial charge in [-0.1, -0.05) is 52.9 Å². The lowest BCUT2D eigenvalue weighted by Gasteiger charge is -2.36. The number of thioether (sulfide) groups is 1. The number of anilines is 3. The molecule has 0 saturated carbocycles. The number of carbonyl (C=O) groups excluding carboxylic acids is 1. The van der Waals surface area contributed by atoms with E-state index in [0.717, 1.165) is 39.0 Å². The van der Waals surface area contributed by atoms with Crippen molar-refractivity contribution in [1.29, 1.82) is 0 Å². The Bertz CT molecular complexity index is 1070. The van der Waals surface area contributed by atoms with Crippen molar-refractivity contribution >= 4 is 57.1 Å². The van der Waals surface area contributed by atoms with Crippen LogP contribution in [-0.4, -0.2) is 52.9 Å². The minimum atomic E-state index is 0.134. The van der Waals surface area contributed by atoms with E-state index in [2.05, 4.69) is 46.4 Å². The summed E-state index contributed by atoms with van der Waals surface area (Å²) in [6.07, 6.45) is 0. The van der Waals surface area contributed by atoms with Crippen molar-refractivity contribution in [2.45, 2.75) is 18.2 Å². The van der Waals surface area contributed by atoms with Gasteiger partial charge in [0.25, 0.3) is 0 Å². The summed E-state index contributed by atoms with van der Waals surface area (Å²) < 4.78 is 0.790. The minimum Gasteiger partial charge on any atom is -0.368 e. The standard InChI is InChI=1S/C22H24ClN5OS2/c1-15-5-3-8-19(16(15)2)24-21-25-26-22(31-21)30-14-20(29)28-11-9-27(10-12-28)18-7-4-6-17(23)13-18/h3-8,13H,9-12,14H2,1-2H3,(H,24,25). The molecule has 0 spiro atoms. The molecule has 0 bridgehead atoms. The summed E-state index contributed by atoms with van der Waals surface area (Å²) in [5.41, 5.74) is 4.55. The largest absolute Gasteiger partial charge is 0.368 e. The molecule has 4 rings (SSSR count). The van der Waals surface area contributed by atoms with Gasteiger partial charge in [0, 0.05) is 42.6 Å². The van der Waals surface area contributed by atoms with E-state index in [1.165, 1.54) is 34.2 Å². The highest BCUT2D eigenvalue weighted by Gasteiger charge is 2.22. The third-order valence-electron chi connectivity index (χ3n) is 5.38. The van der Waals surface area contributed by atoms with Crippen LogP contribution < -0.4 is 10.2 Å². The molecule has 1 aliphatic heterocycles. The molecule has 0 aliphatic carbocycles. The highest BCUT2D eigenvalue weighted by Crippen LogP contribution is 2.30. The van der Waals surface area contributed by atoms with Crippen LogP contribution in [0, 0.1) is 13.8 Å². The average Bonchev–Trinajstić information content (AvgIpc) is 3.23. The van der Waals surface area contributed by atoms with Crippen LogP contribution in [0.25, 0.3) is 0 Å². The van der Waals surface area contributed by atoms with Gasteiger partial charge in [-0.25, -0.2) is 0 Å². The maximum Gasteiger partial charge on any atom is 0.233 e. The van der Waals surface area contributed by atoms with Gasteiger partial charge in [-0.2, -0.15) is 0 Å². The molecule has 1 amide bonds. The molecule has 0 radical (unpaired) electrons. The Kier molecular flexibility index (Phi) is 6.99. The first kappa shape index (κ1) is 21.9. The Morgan fingerprint density at radius 2 is 1.90 bits per heavy atom. The van der Waals surface area contributed by atoms with Gasteiger partial charge in [0.1, 0.15) is 0 Å². The predicted molar refractivity (Wildman–Crippen MR) is 130 cm³/mol. The topological polar surface area (TPSA) is 61.4 Å². The maximum atomic E-state index is 12.7. The summed E-state index contributed by atoms with van der Waals surface area (Å²) in [6, 6.07) is 14.0. The normalized spacial score (nSPS) is 14.0. The Labute approximate surface area is 195 Å². The van der Waals surface area contributed by atoms with Crippen molar-refractivity contribution in [2.24, 2.45) is 0 Å². The van der Waals surface area contributed by atoms with Crippen LogP contribution in [-0.2, 0) is 4.79 Å². The predicted octanol–water partition coefficient (Wildman–Crippen LogP) is 4.99. The third-order valence-corrected chi connectivity index (χ3v) is 7.57. The zero-order chi connectivity index (χ0) is 21.8. The summed E-state index contributed by atoms with van der Waals surface area (Å²) in [7, 11) is 0. The highest BCUT2D eigenvalue weighted by atomic mass is 35.5. The van der Waals surface area contributed by atoms with Gasteiger partial charge in [0.15, 0.2) is 4.34 Å². The molecule has 1 aliphatic rings. The number of carbonyl (C=O) groups is 1. The van der Waals surface area contributed by atoms with E-state index in [1.807, 2.05) is 35.2 Å². The van der Waals surface area contributed by atoms with E-state index >= 15 is 0 Å². The molecule has 31 heavy (non-hydrogen) atoms. The first-order valence-corrected chi connectivity index (χ1v) is 12.3. The molecule has 0 atom stereocenters. The van der Waals surface area contributed by atoms with Crippen LogP contribution in [0.5, 0.6) is 0 Å². The molecule has 2 aromatic carbocycles. The fraction of sp³-hybridized carbons (Fsp3) is 0.318. The van der Waals surface area contributed by atoms with Crippen molar-refractivity contribution in [3.05, 3.63) is 58.6 Å². The number of halogens is 1. The number of aryl methyl sites for hydroxylation is 1. The van der Waals surface area contributed by atoms with Gasteiger partial charge in [0.2, 0.25) is 11.0 Å². The second-order valence-electron chi connectivity index (χ2n) is 7.38.